The first-order chi connectivity index (χ1) is 7.02. The van der Waals surface area contributed by atoms with Crippen LogP contribution in [-0.2, 0) is 19.2 Å². The summed E-state index contributed by atoms with van der Waals surface area (Å²) in [6.45, 7) is 0. The normalized spacial score (nSPS) is 6.76. The molecule has 0 aromatic carbocycles. The first-order valence-corrected chi connectivity index (χ1v) is 2.99. The van der Waals surface area contributed by atoms with Crippen LogP contribution < -0.4 is 0 Å². The van der Waals surface area contributed by atoms with E-state index in [4.69, 9.17) is 54.7 Å². The zero-order chi connectivity index (χ0) is 13.9. The molecule has 0 saturated heterocycles. The van der Waals surface area contributed by atoms with Crippen LogP contribution in [0.25, 0.3) is 0 Å². The average molecular weight is 376 g/mol. The number of rotatable bonds is 0. The second kappa shape index (κ2) is 15.9. The van der Waals surface area contributed by atoms with E-state index in [2.05, 4.69) is 0 Å². The van der Waals surface area contributed by atoms with Gasteiger partial charge >= 0.3 is 100 Å². The number of hydrogen-bond acceptors (Lipinski definition) is 7. The predicted molar refractivity (Wildman–Crippen MR) is 50.1 cm³/mol. The molecular weight excluding hydrogens is 368 g/mol. The van der Waals surface area contributed by atoms with Gasteiger partial charge in [-0.3, -0.25) is 0 Å². The van der Waals surface area contributed by atoms with Crippen LogP contribution >= 0.6 is 0 Å². The molecule has 0 radical (unpaired) electrons. The first-order valence-electron chi connectivity index (χ1n) is 2.99. The molecule has 0 spiro atoms. The molecule has 0 heterocycles. The van der Waals surface area contributed by atoms with Gasteiger partial charge in [0.1, 0.15) is 0 Å². The minimum absolute atomic E-state index is 0. The van der Waals surface area contributed by atoms with E-state index < -0.39 is 31.2 Å². The van der Waals surface area contributed by atoms with Crippen molar-refractivity contribution >= 4 is 100 Å². The van der Waals surface area contributed by atoms with Gasteiger partial charge in [0.2, 0.25) is 0 Å². The van der Waals surface area contributed by atoms with Crippen molar-refractivity contribution in [3.63, 3.8) is 0 Å². The Labute approximate surface area is 152 Å². The number of carboxylic acids is 4. The van der Waals surface area contributed by atoms with E-state index in [-0.39, 0.29) is 68.9 Å². The van der Waals surface area contributed by atoms with Crippen molar-refractivity contribution in [1.82, 2.24) is 0 Å². The molecule has 0 unspecified atom stereocenters. The van der Waals surface area contributed by atoms with Gasteiger partial charge in [0.15, 0.2) is 0 Å². The maximum atomic E-state index is 9.10. The predicted octanol–water partition coefficient (Wildman–Crippen LogP) is -4.39. The standard InChI is InChI=1S/2C2H2O4.BH3O3.Cs.H/c2*3-1(4)2(5)6;2-1(3)4;;/h2*(H,3,4)(H,5,6);2-4H;;. The maximum absolute atomic E-state index is 9.10. The van der Waals surface area contributed by atoms with Gasteiger partial charge in [-0.2, -0.15) is 0 Å². The van der Waals surface area contributed by atoms with Crippen molar-refractivity contribution in [2.45, 2.75) is 0 Å². The molecule has 94 valence electrons. The molecule has 0 aromatic rings. The number of aliphatic carboxylic acids is 4. The van der Waals surface area contributed by atoms with Gasteiger partial charge in [0.25, 0.3) is 0 Å². The molecule has 0 aliphatic rings. The number of hydrogen-bond donors (Lipinski definition) is 7. The van der Waals surface area contributed by atoms with Gasteiger partial charge in [0, 0.05) is 0 Å². The van der Waals surface area contributed by atoms with E-state index >= 15 is 0 Å². The minimum atomic E-state index is -2.17. The van der Waals surface area contributed by atoms with Gasteiger partial charge < -0.3 is 35.5 Å². The van der Waals surface area contributed by atoms with Crippen molar-refractivity contribution in [2.24, 2.45) is 0 Å². The molecule has 0 aliphatic heterocycles. The molecule has 0 amide bonds. The summed E-state index contributed by atoms with van der Waals surface area (Å²) in [4.78, 5) is 36.4. The first kappa shape index (κ1) is 25.7. The molecule has 13 heteroatoms. The molecule has 11 nitrogen and oxygen atoms in total. The summed E-state index contributed by atoms with van der Waals surface area (Å²) in [5, 5.41) is 51.1. The molecule has 0 atom stereocenters. The molecule has 0 fully saturated rings. The van der Waals surface area contributed by atoms with Crippen LogP contribution in [-0.4, -0.2) is 136 Å². The average Bonchev–Trinajstić information content (AvgIpc) is 2.03. The summed E-state index contributed by atoms with van der Waals surface area (Å²) in [6, 6.07) is 0. The topological polar surface area (TPSA) is 210 Å². The molecular formula is C4H8BCsO11. The van der Waals surface area contributed by atoms with Gasteiger partial charge in [-0.1, -0.05) is 0 Å². The fraction of sp³-hybridized carbons (Fsp3) is 0. The van der Waals surface area contributed by atoms with Crippen LogP contribution in [0.4, 0.5) is 0 Å². The van der Waals surface area contributed by atoms with Crippen molar-refractivity contribution < 1.29 is 54.7 Å². The summed E-state index contributed by atoms with van der Waals surface area (Å²) in [7, 11) is -2.17. The van der Waals surface area contributed by atoms with Crippen LogP contribution in [0, 0.1) is 0 Å². The number of carboxylic acid groups (broad SMARTS) is 4. The Bertz CT molecular complexity index is 211. The molecule has 0 aromatic heterocycles. The van der Waals surface area contributed by atoms with E-state index in [0.29, 0.717) is 0 Å². The summed E-state index contributed by atoms with van der Waals surface area (Å²) >= 11 is 0. The molecule has 0 saturated carbocycles. The summed E-state index contributed by atoms with van der Waals surface area (Å²) in [5.41, 5.74) is 0. The van der Waals surface area contributed by atoms with Gasteiger partial charge in [-0.25, -0.2) is 19.2 Å². The summed E-state index contributed by atoms with van der Waals surface area (Å²) in [6.07, 6.45) is 0. The zero-order valence-corrected chi connectivity index (χ0v) is 7.34. The fourth-order valence-corrected chi connectivity index (χ4v) is 0. The molecule has 17 heavy (non-hydrogen) atoms. The number of carbonyl (C=O) groups is 4. The second-order valence-corrected chi connectivity index (χ2v) is 1.57. The van der Waals surface area contributed by atoms with E-state index in [0.717, 1.165) is 0 Å². The SMILES string of the molecule is O=C(O)C(=O)O.O=C(O)C(=O)O.OB(O)O.[CsH]. The third-order valence-corrected chi connectivity index (χ3v) is 0.366. The van der Waals surface area contributed by atoms with Crippen LogP contribution in [0.1, 0.15) is 0 Å². The van der Waals surface area contributed by atoms with Gasteiger partial charge in [0.05, 0.1) is 0 Å². The monoisotopic (exact) mass is 376 g/mol. The van der Waals surface area contributed by atoms with Crippen LogP contribution in [0.5, 0.6) is 0 Å². The van der Waals surface area contributed by atoms with E-state index in [1.165, 1.54) is 0 Å². The van der Waals surface area contributed by atoms with Crippen molar-refractivity contribution in [3.8, 4) is 0 Å². The third kappa shape index (κ3) is 49.3. The second-order valence-electron chi connectivity index (χ2n) is 1.57. The zero-order valence-electron chi connectivity index (χ0n) is 7.34. The van der Waals surface area contributed by atoms with Gasteiger partial charge in [-0.15, -0.1) is 0 Å². The van der Waals surface area contributed by atoms with Crippen LogP contribution in [0.2, 0.25) is 0 Å². The summed E-state index contributed by atoms with van der Waals surface area (Å²) in [5.74, 6) is -7.30. The Balaban J connectivity index is -0.0000000741. The van der Waals surface area contributed by atoms with Crippen LogP contribution in [0.3, 0.4) is 0 Å². The van der Waals surface area contributed by atoms with Crippen molar-refractivity contribution in [2.75, 3.05) is 0 Å². The Morgan fingerprint density at radius 1 is 0.588 bits per heavy atom. The van der Waals surface area contributed by atoms with Gasteiger partial charge in [-0.05, 0) is 0 Å². The molecule has 0 bridgehead atoms. The Kier molecular flexibility index (Phi) is 24.0. The Morgan fingerprint density at radius 2 is 0.647 bits per heavy atom. The van der Waals surface area contributed by atoms with Crippen molar-refractivity contribution in [3.05, 3.63) is 0 Å². The third-order valence-electron chi connectivity index (χ3n) is 0.366. The van der Waals surface area contributed by atoms with E-state index in [1.54, 1.807) is 0 Å². The van der Waals surface area contributed by atoms with E-state index in [1.807, 2.05) is 0 Å². The molecule has 7 N–H and O–H groups in total. The molecule has 0 aliphatic carbocycles. The summed E-state index contributed by atoms with van der Waals surface area (Å²) < 4.78 is 0. The fourth-order valence-electron chi connectivity index (χ4n) is 0. The Hall–Kier alpha value is -0.123. The van der Waals surface area contributed by atoms with Crippen LogP contribution in [0.15, 0.2) is 0 Å². The van der Waals surface area contributed by atoms with Crippen molar-refractivity contribution in [1.29, 1.82) is 0 Å². The Morgan fingerprint density at radius 3 is 0.647 bits per heavy atom. The molecule has 0 rings (SSSR count). The van der Waals surface area contributed by atoms with E-state index in [9.17, 15) is 0 Å². The quantitative estimate of drug-likeness (QED) is 0.159.